The van der Waals surface area contributed by atoms with Crippen molar-refractivity contribution in [3.63, 3.8) is 0 Å². The zero-order chi connectivity index (χ0) is 12.4. The lowest BCUT2D eigenvalue weighted by atomic mass is 10.1. The van der Waals surface area contributed by atoms with E-state index in [0.717, 1.165) is 17.0 Å². The first kappa shape index (κ1) is 11.5. The lowest BCUT2D eigenvalue weighted by Crippen LogP contribution is -2.14. The summed E-state index contributed by atoms with van der Waals surface area (Å²) < 4.78 is 1.64. The second-order valence-corrected chi connectivity index (χ2v) is 4.10. The highest BCUT2D eigenvalue weighted by molar-refractivity contribution is 5.97. The minimum Gasteiger partial charge on any atom is -0.292 e. The van der Waals surface area contributed by atoms with E-state index in [0.29, 0.717) is 5.82 Å². The third-order valence-electron chi connectivity index (χ3n) is 2.70. The van der Waals surface area contributed by atoms with E-state index in [9.17, 15) is 4.79 Å². The molecule has 0 fully saturated rings. The number of hydrogen-bond acceptors (Lipinski definition) is 3. The quantitative estimate of drug-likeness (QED) is 0.757. The molecule has 1 heterocycles. The highest BCUT2D eigenvalue weighted by Gasteiger charge is 2.11. The summed E-state index contributed by atoms with van der Waals surface area (Å²) in [5.74, 6) is 1.53. The van der Waals surface area contributed by atoms with Gasteiger partial charge in [0.2, 0.25) is 0 Å². The maximum atomic E-state index is 12.1. The van der Waals surface area contributed by atoms with Crippen molar-refractivity contribution >= 4 is 5.78 Å². The van der Waals surface area contributed by atoms with Crippen LogP contribution in [0.1, 0.15) is 27.6 Å². The van der Waals surface area contributed by atoms with Crippen LogP contribution in [0, 0.1) is 20.8 Å². The van der Waals surface area contributed by atoms with Crippen LogP contribution >= 0.6 is 0 Å². The summed E-state index contributed by atoms with van der Waals surface area (Å²) in [7, 11) is 0. The smallest absolute Gasteiger partial charge is 0.184 e. The minimum atomic E-state index is 0.0658. The fourth-order valence-electron chi connectivity index (χ4n) is 1.82. The van der Waals surface area contributed by atoms with Gasteiger partial charge in [-0.25, -0.2) is 9.67 Å². The number of carbonyl (C=O) groups is 1. The van der Waals surface area contributed by atoms with E-state index in [4.69, 9.17) is 0 Å². The van der Waals surface area contributed by atoms with Crippen molar-refractivity contribution in [2.45, 2.75) is 27.3 Å². The van der Waals surface area contributed by atoms with Gasteiger partial charge in [-0.05, 0) is 26.3 Å². The lowest BCUT2D eigenvalue weighted by molar-refractivity contribution is 0.0966. The van der Waals surface area contributed by atoms with E-state index >= 15 is 0 Å². The Morgan fingerprint density at radius 1 is 1.24 bits per heavy atom. The van der Waals surface area contributed by atoms with Gasteiger partial charge in [-0.15, -0.1) is 0 Å². The number of Topliss-reactive ketones (excluding diaryl/α,β-unsaturated/α-hetero) is 1. The van der Waals surface area contributed by atoms with Crippen LogP contribution in [0.4, 0.5) is 0 Å². The van der Waals surface area contributed by atoms with Crippen molar-refractivity contribution in [3.8, 4) is 0 Å². The molecule has 0 amide bonds. The first-order valence-electron chi connectivity index (χ1n) is 5.55. The van der Waals surface area contributed by atoms with E-state index in [1.165, 1.54) is 0 Å². The predicted molar refractivity (Wildman–Crippen MR) is 65.0 cm³/mol. The monoisotopic (exact) mass is 229 g/mol. The Kier molecular flexibility index (Phi) is 3.04. The molecule has 0 radical (unpaired) electrons. The van der Waals surface area contributed by atoms with Crippen LogP contribution < -0.4 is 0 Å². The molecular formula is C13H15N3O. The van der Waals surface area contributed by atoms with Crippen LogP contribution in [0.15, 0.2) is 24.3 Å². The van der Waals surface area contributed by atoms with Gasteiger partial charge in [0.1, 0.15) is 18.2 Å². The normalized spacial score (nSPS) is 10.5. The summed E-state index contributed by atoms with van der Waals surface area (Å²) in [6.07, 6.45) is 0. The number of aromatic nitrogens is 3. The van der Waals surface area contributed by atoms with Gasteiger partial charge >= 0.3 is 0 Å². The maximum absolute atomic E-state index is 12.1. The van der Waals surface area contributed by atoms with Crippen LogP contribution in [0.25, 0.3) is 0 Å². The zero-order valence-corrected chi connectivity index (χ0v) is 10.3. The average Bonchev–Trinajstić information content (AvgIpc) is 2.58. The van der Waals surface area contributed by atoms with Crippen LogP contribution in [0.2, 0.25) is 0 Å². The number of carbonyl (C=O) groups excluding carboxylic acids is 1. The van der Waals surface area contributed by atoms with Crippen molar-refractivity contribution in [2.75, 3.05) is 0 Å². The Bertz CT molecular complexity index is 558. The maximum Gasteiger partial charge on any atom is 0.184 e. The molecule has 0 N–H and O–H groups in total. The van der Waals surface area contributed by atoms with E-state index in [2.05, 4.69) is 10.1 Å². The molecule has 17 heavy (non-hydrogen) atoms. The van der Waals surface area contributed by atoms with Crippen molar-refractivity contribution in [2.24, 2.45) is 0 Å². The van der Waals surface area contributed by atoms with Gasteiger partial charge in [0.05, 0.1) is 0 Å². The van der Waals surface area contributed by atoms with E-state index in [1.807, 2.05) is 45.0 Å². The standard InChI is InChI=1S/C13H15N3O/c1-9-6-4-5-7-12(9)13(17)8-16-11(3)14-10(2)15-16/h4-7H,8H2,1-3H3. The molecule has 2 aromatic rings. The third kappa shape index (κ3) is 2.41. The van der Waals surface area contributed by atoms with Gasteiger partial charge in [0, 0.05) is 5.56 Å². The first-order chi connectivity index (χ1) is 8.08. The van der Waals surface area contributed by atoms with Crippen molar-refractivity contribution in [3.05, 3.63) is 47.0 Å². The fourth-order valence-corrected chi connectivity index (χ4v) is 1.82. The summed E-state index contributed by atoms with van der Waals surface area (Å²) in [5, 5.41) is 4.19. The molecule has 0 atom stereocenters. The third-order valence-corrected chi connectivity index (χ3v) is 2.70. The van der Waals surface area contributed by atoms with E-state index < -0.39 is 0 Å². The number of nitrogens with zero attached hydrogens (tertiary/aromatic N) is 3. The Labute approximate surface area is 100 Å². The number of aryl methyl sites for hydroxylation is 3. The molecule has 2 rings (SSSR count). The molecule has 0 aliphatic carbocycles. The SMILES string of the molecule is Cc1nc(C)n(CC(=O)c2ccccc2C)n1. The fraction of sp³-hybridized carbons (Fsp3) is 0.308. The van der Waals surface area contributed by atoms with Gasteiger partial charge in [-0.3, -0.25) is 4.79 Å². The molecule has 1 aromatic heterocycles. The second kappa shape index (κ2) is 4.49. The minimum absolute atomic E-state index is 0.0658. The van der Waals surface area contributed by atoms with Crippen molar-refractivity contribution < 1.29 is 4.79 Å². The Balaban J connectivity index is 2.23. The topological polar surface area (TPSA) is 47.8 Å². The summed E-state index contributed by atoms with van der Waals surface area (Å²) in [6, 6.07) is 7.58. The number of ketones is 1. The van der Waals surface area contributed by atoms with Crippen LogP contribution in [0.3, 0.4) is 0 Å². The van der Waals surface area contributed by atoms with Crippen molar-refractivity contribution in [1.82, 2.24) is 14.8 Å². The van der Waals surface area contributed by atoms with Crippen LogP contribution in [-0.2, 0) is 6.54 Å². The molecule has 0 unspecified atom stereocenters. The number of benzene rings is 1. The lowest BCUT2D eigenvalue weighted by Gasteiger charge is -2.05. The predicted octanol–water partition coefficient (Wildman–Crippen LogP) is 2.09. The average molecular weight is 229 g/mol. The van der Waals surface area contributed by atoms with Crippen LogP contribution in [-0.4, -0.2) is 20.5 Å². The molecule has 0 aliphatic rings. The van der Waals surface area contributed by atoms with Gasteiger partial charge in [0.15, 0.2) is 5.78 Å². The Hall–Kier alpha value is -1.97. The summed E-state index contributed by atoms with van der Waals surface area (Å²) in [5.41, 5.74) is 1.74. The molecule has 4 nitrogen and oxygen atoms in total. The Morgan fingerprint density at radius 2 is 1.94 bits per heavy atom. The highest BCUT2D eigenvalue weighted by atomic mass is 16.1. The molecule has 4 heteroatoms. The molecule has 0 saturated carbocycles. The molecule has 0 saturated heterocycles. The zero-order valence-electron chi connectivity index (χ0n) is 10.3. The summed E-state index contributed by atoms with van der Waals surface area (Å²) >= 11 is 0. The van der Waals surface area contributed by atoms with Crippen LogP contribution in [0.5, 0.6) is 0 Å². The molecule has 0 aliphatic heterocycles. The summed E-state index contributed by atoms with van der Waals surface area (Å²) in [6.45, 7) is 5.86. The molecule has 0 bridgehead atoms. The van der Waals surface area contributed by atoms with Gasteiger partial charge in [-0.1, -0.05) is 24.3 Å². The first-order valence-corrected chi connectivity index (χ1v) is 5.55. The molecule has 1 aromatic carbocycles. The van der Waals surface area contributed by atoms with Crippen molar-refractivity contribution in [1.29, 1.82) is 0 Å². The van der Waals surface area contributed by atoms with Gasteiger partial charge in [0.25, 0.3) is 0 Å². The van der Waals surface area contributed by atoms with Gasteiger partial charge in [-0.2, -0.15) is 5.10 Å². The second-order valence-electron chi connectivity index (χ2n) is 4.10. The van der Waals surface area contributed by atoms with E-state index in [-0.39, 0.29) is 12.3 Å². The highest BCUT2D eigenvalue weighted by Crippen LogP contribution is 2.09. The molecule has 88 valence electrons. The Morgan fingerprint density at radius 3 is 2.53 bits per heavy atom. The molecule has 0 spiro atoms. The number of hydrogen-bond donors (Lipinski definition) is 0. The number of rotatable bonds is 3. The van der Waals surface area contributed by atoms with Gasteiger partial charge < -0.3 is 0 Å². The largest absolute Gasteiger partial charge is 0.292 e. The summed E-state index contributed by atoms with van der Waals surface area (Å²) in [4.78, 5) is 16.3. The van der Waals surface area contributed by atoms with E-state index in [1.54, 1.807) is 4.68 Å². The molecular weight excluding hydrogens is 214 g/mol.